The van der Waals surface area contributed by atoms with Crippen LogP contribution in [-0.4, -0.2) is 85.8 Å². The fraction of sp³-hybridized carbons (Fsp3) is 0.482. The summed E-state index contributed by atoms with van der Waals surface area (Å²) in [7, 11) is 4.63. The van der Waals surface area contributed by atoms with Crippen LogP contribution in [0.15, 0.2) is 108 Å². The Morgan fingerprint density at radius 1 is 0.899 bits per heavy atom. The molecule has 0 radical (unpaired) electrons. The molecule has 6 atom stereocenters. The fourth-order valence-electron chi connectivity index (χ4n) is 11.7. The van der Waals surface area contributed by atoms with E-state index in [1.165, 1.54) is 20.0 Å². The van der Waals surface area contributed by atoms with Crippen LogP contribution in [0.1, 0.15) is 101 Å². The van der Waals surface area contributed by atoms with Gasteiger partial charge in [-0.15, -0.1) is 6.58 Å². The van der Waals surface area contributed by atoms with Crippen LogP contribution in [0.25, 0.3) is 10.8 Å². The number of ether oxygens (including phenoxy) is 5. The Kier molecular flexibility index (Phi) is 16.6. The van der Waals surface area contributed by atoms with Gasteiger partial charge in [-0.05, 0) is 102 Å². The summed E-state index contributed by atoms with van der Waals surface area (Å²) in [6, 6.07) is 24.4. The van der Waals surface area contributed by atoms with E-state index in [9.17, 15) is 15.0 Å². The number of aliphatic hydroxyl groups is 2. The molecule has 69 heavy (non-hydrogen) atoms. The van der Waals surface area contributed by atoms with Crippen molar-refractivity contribution in [2.24, 2.45) is 28.8 Å². The average Bonchev–Trinajstić information content (AvgIpc) is 3.90. The lowest BCUT2D eigenvalue weighted by Crippen LogP contribution is -2.70. The van der Waals surface area contributed by atoms with E-state index in [4.69, 9.17) is 33.7 Å². The number of aliphatic hydroxyl groups excluding tert-OH is 2. The number of hydrogen-bond donors (Lipinski definition) is 3. The monoisotopic (exact) mass is 943 g/mol. The summed E-state index contributed by atoms with van der Waals surface area (Å²) in [5.74, 6) is 0.143. The molecule has 2 saturated carbocycles. The maximum Gasteiger partial charge on any atom is 0.417 e. The number of oxime groups is 1. The van der Waals surface area contributed by atoms with Gasteiger partial charge in [-0.1, -0.05) is 98.3 Å². The van der Waals surface area contributed by atoms with E-state index in [1.807, 2.05) is 35.2 Å². The summed E-state index contributed by atoms with van der Waals surface area (Å²) < 4.78 is 31.7. The number of methoxy groups -OCH3 is 2. The van der Waals surface area contributed by atoms with Crippen molar-refractivity contribution in [2.45, 2.75) is 108 Å². The summed E-state index contributed by atoms with van der Waals surface area (Å²) in [6.45, 7) is 4.70. The number of allylic oxidation sites excluding steroid dienone is 1. The molecule has 4 aromatic rings. The minimum Gasteiger partial charge on any atom is -0.497 e. The molecule has 6 unspecified atom stereocenters. The number of unbranched alkanes of at least 4 members (excludes halogenated alkanes) is 2. The molecule has 13 nitrogen and oxygen atoms in total. The Labute approximate surface area is 406 Å². The number of rotatable bonds is 22. The van der Waals surface area contributed by atoms with Crippen LogP contribution in [0.2, 0.25) is 0 Å². The predicted molar refractivity (Wildman–Crippen MR) is 267 cm³/mol. The van der Waals surface area contributed by atoms with E-state index in [0.29, 0.717) is 66.8 Å². The zero-order valence-electron chi connectivity index (χ0n) is 40.4. The third-order valence-corrected chi connectivity index (χ3v) is 14.9. The standard InChI is InChI=1S/C56H69N3O10/c1-5-31-67-56-51(59(52(62)28-23-37-15-6-7-16-37)36-40-20-14-19-38-17-8-9-21-43(38)40)35-48(58-66-4)45-32-39(18-10-12-29-60)44(22-11-13-30-61)53(54(45)56)46-33-42(25-27-49(46)69-56)68-55(63)57-47-26-24-41(64-2)34-50(47)65-3/h5,8-9,14,17,19-21,24-27,32-34,37,39,44,51,53-54,60-61H,1,6-7,10-13,15-16,18,22-23,28-31,35-36H2,2-4H3,(H,57,63). The van der Waals surface area contributed by atoms with Crippen molar-refractivity contribution in [3.8, 4) is 23.0 Å². The molecule has 2 fully saturated rings. The van der Waals surface area contributed by atoms with Gasteiger partial charge < -0.3 is 43.6 Å². The van der Waals surface area contributed by atoms with Gasteiger partial charge in [0.25, 0.3) is 0 Å². The topological polar surface area (TPSA) is 158 Å². The van der Waals surface area contributed by atoms with Crippen LogP contribution in [0, 0.1) is 23.7 Å². The average molecular weight is 944 g/mol. The number of anilines is 1. The quantitative estimate of drug-likeness (QED) is 0.0393. The third-order valence-electron chi connectivity index (χ3n) is 14.9. The minimum atomic E-state index is -1.44. The molecule has 0 aromatic heterocycles. The number of nitrogens with zero attached hydrogens (tertiary/aromatic N) is 2. The molecule has 4 aromatic carbocycles. The Hall–Kier alpha value is -5.89. The summed E-state index contributed by atoms with van der Waals surface area (Å²) in [5.41, 5.74) is 3.91. The molecule has 8 rings (SSSR count). The summed E-state index contributed by atoms with van der Waals surface area (Å²) in [6.07, 6.45) is 13.9. The van der Waals surface area contributed by atoms with Gasteiger partial charge in [0.2, 0.25) is 11.7 Å². The number of benzene rings is 4. The first kappa shape index (κ1) is 49.5. The largest absolute Gasteiger partial charge is 0.497 e. The molecule has 4 aliphatic rings. The molecule has 0 spiro atoms. The van der Waals surface area contributed by atoms with E-state index < -0.39 is 23.8 Å². The highest BCUT2D eigenvalue weighted by Crippen LogP contribution is 2.62. The lowest BCUT2D eigenvalue weighted by Gasteiger charge is -2.60. The zero-order chi connectivity index (χ0) is 48.3. The molecule has 0 saturated heterocycles. The Bertz CT molecular complexity index is 2480. The first-order valence-electron chi connectivity index (χ1n) is 24.8. The predicted octanol–water partition coefficient (Wildman–Crippen LogP) is 10.7. The van der Waals surface area contributed by atoms with Gasteiger partial charge in [0.05, 0.1) is 38.1 Å². The van der Waals surface area contributed by atoms with E-state index in [2.05, 4.69) is 42.2 Å². The van der Waals surface area contributed by atoms with Crippen molar-refractivity contribution in [3.05, 3.63) is 114 Å². The molecule has 3 N–H and O–H groups in total. The molecule has 368 valence electrons. The molecule has 3 aliphatic carbocycles. The van der Waals surface area contributed by atoms with Crippen molar-refractivity contribution in [2.75, 3.05) is 46.5 Å². The Balaban J connectivity index is 1.28. The molecule has 1 heterocycles. The molecular formula is C56H69N3O10. The Morgan fingerprint density at radius 3 is 2.42 bits per heavy atom. The van der Waals surface area contributed by atoms with E-state index in [-0.39, 0.29) is 43.5 Å². The normalized spacial score (nSPS) is 23.3. The second-order valence-corrected chi connectivity index (χ2v) is 18.9. The second-order valence-electron chi connectivity index (χ2n) is 18.9. The van der Waals surface area contributed by atoms with Crippen LogP contribution in [0.3, 0.4) is 0 Å². The smallest absolute Gasteiger partial charge is 0.417 e. The first-order chi connectivity index (χ1) is 33.7. The lowest BCUT2D eigenvalue weighted by molar-refractivity contribution is -0.258. The molecule has 1 aliphatic heterocycles. The van der Waals surface area contributed by atoms with Crippen molar-refractivity contribution in [1.82, 2.24) is 4.90 Å². The van der Waals surface area contributed by atoms with Crippen LogP contribution < -0.4 is 24.3 Å². The van der Waals surface area contributed by atoms with Gasteiger partial charge in [-0.2, -0.15) is 0 Å². The van der Waals surface area contributed by atoms with Gasteiger partial charge >= 0.3 is 6.09 Å². The maximum atomic E-state index is 15.4. The molecule has 2 amide bonds. The van der Waals surface area contributed by atoms with Crippen molar-refractivity contribution in [1.29, 1.82) is 0 Å². The van der Waals surface area contributed by atoms with E-state index in [1.54, 1.807) is 44.6 Å². The first-order valence-corrected chi connectivity index (χ1v) is 24.8. The number of fused-ring (bicyclic) bond motifs is 3. The van der Waals surface area contributed by atoms with Crippen LogP contribution in [-0.2, 0) is 20.9 Å². The summed E-state index contributed by atoms with van der Waals surface area (Å²) in [4.78, 5) is 36.8. The zero-order valence-corrected chi connectivity index (χ0v) is 40.4. The maximum absolute atomic E-state index is 15.4. The lowest BCUT2D eigenvalue weighted by atomic mass is 9.55. The highest BCUT2D eigenvalue weighted by molar-refractivity contribution is 6.03. The third kappa shape index (κ3) is 10.8. The van der Waals surface area contributed by atoms with Crippen LogP contribution in [0.4, 0.5) is 10.5 Å². The van der Waals surface area contributed by atoms with Gasteiger partial charge in [0.1, 0.15) is 36.1 Å². The van der Waals surface area contributed by atoms with Gasteiger partial charge in [-0.3, -0.25) is 10.1 Å². The van der Waals surface area contributed by atoms with Crippen molar-refractivity contribution < 1.29 is 48.3 Å². The van der Waals surface area contributed by atoms with E-state index in [0.717, 1.165) is 78.1 Å². The van der Waals surface area contributed by atoms with Crippen molar-refractivity contribution >= 4 is 34.2 Å². The number of hydrogen-bond acceptors (Lipinski definition) is 11. The highest BCUT2D eigenvalue weighted by atomic mass is 16.7. The van der Waals surface area contributed by atoms with Crippen molar-refractivity contribution in [3.63, 3.8) is 0 Å². The number of carbonyl (C=O) groups is 2. The van der Waals surface area contributed by atoms with Gasteiger partial charge in [0, 0.05) is 50.1 Å². The second kappa shape index (κ2) is 23.1. The van der Waals surface area contributed by atoms with E-state index >= 15 is 4.79 Å². The van der Waals surface area contributed by atoms with Gasteiger partial charge in [-0.25, -0.2) is 4.79 Å². The Morgan fingerprint density at radius 2 is 1.67 bits per heavy atom. The summed E-state index contributed by atoms with van der Waals surface area (Å²) in [5, 5.41) is 29.8. The number of amides is 2. The van der Waals surface area contributed by atoms with Crippen LogP contribution >= 0.6 is 0 Å². The minimum absolute atomic E-state index is 0.0156. The molecular weight excluding hydrogens is 875 g/mol. The fourth-order valence-corrected chi connectivity index (χ4v) is 11.7. The molecule has 0 bridgehead atoms. The SMILES string of the molecule is C=CCOC12Oc3ccc(OC(=O)Nc4ccc(OC)cc4OC)cc3C3C(CCCCO)C(CCCCO)C=C(C(=NOC)CC1N(Cc1cccc4ccccc14)C(=O)CCC1CCCC1)C32. The highest BCUT2D eigenvalue weighted by Gasteiger charge is 2.65. The summed E-state index contributed by atoms with van der Waals surface area (Å²) >= 11 is 0. The number of carbonyl (C=O) groups excluding carboxylic acids is 2. The molecule has 13 heteroatoms. The van der Waals surface area contributed by atoms with Gasteiger partial charge in [0.15, 0.2) is 0 Å². The van der Waals surface area contributed by atoms with Crippen LogP contribution in [0.5, 0.6) is 23.0 Å². The number of nitrogens with one attached hydrogen (secondary N) is 1.